The van der Waals surface area contributed by atoms with Crippen molar-refractivity contribution in [3.63, 3.8) is 0 Å². The molecule has 8 unspecified atom stereocenters. The molecule has 0 aliphatic carbocycles. The van der Waals surface area contributed by atoms with Gasteiger partial charge in [-0.2, -0.15) is 0 Å². The molecular formula is C36H69NO9. The monoisotopic (exact) mass is 659 g/mol. The highest BCUT2D eigenvalue weighted by Crippen LogP contribution is 2.22. The number of ether oxygens (including phenoxy) is 2. The smallest absolute Gasteiger partial charge is 0.249 e. The lowest BCUT2D eigenvalue weighted by Crippen LogP contribution is -2.60. The van der Waals surface area contributed by atoms with E-state index in [1.807, 2.05) is 6.08 Å². The Kier molecular flexibility index (Phi) is 25.9. The van der Waals surface area contributed by atoms with Crippen LogP contribution in [0.4, 0.5) is 0 Å². The molecule has 0 radical (unpaired) electrons. The lowest BCUT2D eigenvalue weighted by Gasteiger charge is -2.40. The molecular weight excluding hydrogens is 590 g/mol. The van der Waals surface area contributed by atoms with Gasteiger partial charge in [0, 0.05) is 0 Å². The summed E-state index contributed by atoms with van der Waals surface area (Å²) in [5.41, 5.74) is 0. The van der Waals surface area contributed by atoms with Gasteiger partial charge in [-0.05, 0) is 19.3 Å². The van der Waals surface area contributed by atoms with Crippen LogP contribution in [0.1, 0.15) is 149 Å². The second-order valence-corrected chi connectivity index (χ2v) is 13.2. The molecule has 0 aromatic heterocycles. The average Bonchev–Trinajstić information content (AvgIpc) is 3.05. The lowest BCUT2D eigenvalue weighted by molar-refractivity contribution is -0.302. The van der Waals surface area contributed by atoms with Gasteiger partial charge in [0.05, 0.1) is 25.4 Å². The number of nitrogens with one attached hydrogen (secondary N) is 1. The number of hydrogen-bond acceptors (Lipinski definition) is 9. The normalized spacial score (nSPS) is 23.9. The van der Waals surface area contributed by atoms with Crippen molar-refractivity contribution < 1.29 is 44.9 Å². The molecule has 10 heteroatoms. The van der Waals surface area contributed by atoms with E-state index in [9.17, 15) is 35.4 Å². The van der Waals surface area contributed by atoms with Gasteiger partial charge in [0.15, 0.2) is 6.29 Å². The number of aliphatic hydroxyl groups excluding tert-OH is 6. The molecule has 0 aromatic carbocycles. The molecule has 46 heavy (non-hydrogen) atoms. The number of allylic oxidation sites excluding steroid dienone is 1. The zero-order chi connectivity index (χ0) is 34.0. The molecule has 1 aliphatic heterocycles. The van der Waals surface area contributed by atoms with Gasteiger partial charge in [0.1, 0.15) is 30.5 Å². The van der Waals surface area contributed by atoms with E-state index < -0.39 is 61.5 Å². The van der Waals surface area contributed by atoms with E-state index in [2.05, 4.69) is 19.2 Å². The Hall–Kier alpha value is -1.11. The average molecular weight is 660 g/mol. The maximum Gasteiger partial charge on any atom is 0.249 e. The fourth-order valence-electron chi connectivity index (χ4n) is 5.81. The molecule has 0 spiro atoms. The van der Waals surface area contributed by atoms with Crippen molar-refractivity contribution in [2.45, 2.75) is 198 Å². The maximum atomic E-state index is 12.9. The zero-order valence-electron chi connectivity index (χ0n) is 28.9. The number of unbranched alkanes of at least 4 members (excludes halogenated alkanes) is 18. The molecule has 1 fully saturated rings. The molecule has 0 saturated carbocycles. The largest absolute Gasteiger partial charge is 0.394 e. The molecule has 7 N–H and O–H groups in total. The summed E-state index contributed by atoms with van der Waals surface area (Å²) in [7, 11) is 0. The maximum absolute atomic E-state index is 12.9. The molecule has 1 aliphatic rings. The Morgan fingerprint density at radius 1 is 0.739 bits per heavy atom. The van der Waals surface area contributed by atoms with Crippen molar-refractivity contribution in [1.29, 1.82) is 0 Å². The molecule has 10 nitrogen and oxygen atoms in total. The van der Waals surface area contributed by atoms with Gasteiger partial charge in [-0.15, -0.1) is 0 Å². The first-order chi connectivity index (χ1) is 22.3. The van der Waals surface area contributed by atoms with Crippen LogP contribution in [-0.2, 0) is 14.3 Å². The van der Waals surface area contributed by atoms with E-state index >= 15 is 0 Å². The summed E-state index contributed by atoms with van der Waals surface area (Å²) in [6, 6.07) is -0.971. The van der Waals surface area contributed by atoms with Gasteiger partial charge in [-0.3, -0.25) is 4.79 Å². The van der Waals surface area contributed by atoms with Crippen LogP contribution in [0.5, 0.6) is 0 Å². The van der Waals surface area contributed by atoms with E-state index in [1.165, 1.54) is 83.5 Å². The Balaban J connectivity index is 2.56. The summed E-state index contributed by atoms with van der Waals surface area (Å²) in [5, 5.41) is 64.0. The van der Waals surface area contributed by atoms with Crippen molar-refractivity contribution in [2.75, 3.05) is 13.2 Å². The van der Waals surface area contributed by atoms with E-state index in [1.54, 1.807) is 6.08 Å². The fraction of sp³-hybridized carbons (Fsp3) is 0.917. The van der Waals surface area contributed by atoms with Crippen molar-refractivity contribution in [3.05, 3.63) is 12.2 Å². The van der Waals surface area contributed by atoms with Crippen LogP contribution in [0.3, 0.4) is 0 Å². The van der Waals surface area contributed by atoms with Crippen LogP contribution in [-0.4, -0.2) is 98.7 Å². The van der Waals surface area contributed by atoms with Gasteiger partial charge in [-0.25, -0.2) is 0 Å². The first-order valence-electron chi connectivity index (χ1n) is 18.5. The lowest BCUT2D eigenvalue weighted by atomic mass is 9.99. The highest BCUT2D eigenvalue weighted by atomic mass is 16.7. The number of hydrogen-bond donors (Lipinski definition) is 7. The van der Waals surface area contributed by atoms with Crippen LogP contribution < -0.4 is 5.32 Å². The molecule has 1 heterocycles. The van der Waals surface area contributed by atoms with E-state index in [0.29, 0.717) is 6.42 Å². The van der Waals surface area contributed by atoms with Crippen molar-refractivity contribution >= 4 is 5.91 Å². The second-order valence-electron chi connectivity index (χ2n) is 13.2. The summed E-state index contributed by atoms with van der Waals surface area (Å²) in [6.07, 6.45) is 17.5. The van der Waals surface area contributed by atoms with Crippen LogP contribution >= 0.6 is 0 Å². The number of rotatable bonds is 29. The Morgan fingerprint density at radius 3 is 1.76 bits per heavy atom. The van der Waals surface area contributed by atoms with Gasteiger partial charge < -0.3 is 45.4 Å². The Bertz CT molecular complexity index is 753. The van der Waals surface area contributed by atoms with Crippen molar-refractivity contribution in [2.24, 2.45) is 0 Å². The first-order valence-corrected chi connectivity index (χ1v) is 18.5. The van der Waals surface area contributed by atoms with Crippen LogP contribution in [0.15, 0.2) is 12.2 Å². The zero-order valence-corrected chi connectivity index (χ0v) is 28.9. The number of amides is 1. The van der Waals surface area contributed by atoms with E-state index in [-0.39, 0.29) is 6.61 Å². The summed E-state index contributed by atoms with van der Waals surface area (Å²) < 4.78 is 11.0. The quantitative estimate of drug-likeness (QED) is 0.0441. The van der Waals surface area contributed by atoms with Gasteiger partial charge in [0.25, 0.3) is 0 Å². The molecule has 272 valence electrons. The predicted octanol–water partition coefficient (Wildman–Crippen LogP) is 4.80. The van der Waals surface area contributed by atoms with Gasteiger partial charge in [-0.1, -0.05) is 142 Å². The van der Waals surface area contributed by atoms with Gasteiger partial charge in [0.2, 0.25) is 5.91 Å². The topological polar surface area (TPSA) is 169 Å². The van der Waals surface area contributed by atoms with Crippen LogP contribution in [0, 0.1) is 0 Å². The summed E-state index contributed by atoms with van der Waals surface area (Å²) >= 11 is 0. The Morgan fingerprint density at radius 2 is 1.24 bits per heavy atom. The molecule has 0 bridgehead atoms. The molecule has 8 atom stereocenters. The fourth-order valence-corrected chi connectivity index (χ4v) is 5.81. The first kappa shape index (κ1) is 42.9. The molecule has 1 saturated heterocycles. The van der Waals surface area contributed by atoms with Crippen molar-refractivity contribution in [1.82, 2.24) is 5.32 Å². The van der Waals surface area contributed by atoms with Crippen LogP contribution in [0.2, 0.25) is 0 Å². The minimum absolute atomic E-state index is 0.303. The predicted molar refractivity (Wildman–Crippen MR) is 181 cm³/mol. The third-order valence-electron chi connectivity index (χ3n) is 8.97. The Labute approximate surface area is 279 Å². The third-order valence-corrected chi connectivity index (χ3v) is 8.97. The summed E-state index contributed by atoms with van der Waals surface area (Å²) in [4.78, 5) is 12.9. The molecule has 1 amide bonds. The third kappa shape index (κ3) is 19.0. The number of aliphatic hydroxyl groups is 6. The molecule has 0 aromatic rings. The van der Waals surface area contributed by atoms with E-state index in [0.717, 1.165) is 44.9 Å². The highest BCUT2D eigenvalue weighted by Gasteiger charge is 2.44. The minimum Gasteiger partial charge on any atom is -0.394 e. The van der Waals surface area contributed by atoms with Crippen molar-refractivity contribution in [3.8, 4) is 0 Å². The van der Waals surface area contributed by atoms with E-state index in [4.69, 9.17) is 9.47 Å². The number of carbonyl (C=O) groups excluding carboxylic acids is 1. The van der Waals surface area contributed by atoms with Crippen LogP contribution in [0.25, 0.3) is 0 Å². The standard InChI is InChI=1S/C36H69NO9/c1-3-5-7-9-11-13-14-15-16-17-19-20-22-24-29(39)28(27-45-36-34(43)33(42)32(41)31(26-38)46-36)37-35(44)30(40)25-23-21-18-12-10-8-6-4-2/h22,24,28-34,36,38-43H,3-21,23,25-27H2,1-2H3,(H,37,44)/b24-22+. The summed E-state index contributed by atoms with van der Waals surface area (Å²) in [5.74, 6) is -0.622. The SMILES string of the molecule is CCCCCCCCCCCCC/C=C/C(O)C(COC1OC(CO)C(O)C(O)C1O)NC(=O)C(O)CCCCCCCCCC. The highest BCUT2D eigenvalue weighted by molar-refractivity contribution is 5.80. The summed E-state index contributed by atoms with van der Waals surface area (Å²) in [6.45, 7) is 3.52. The molecule has 1 rings (SSSR count). The number of carbonyl (C=O) groups is 1. The van der Waals surface area contributed by atoms with Gasteiger partial charge >= 0.3 is 0 Å². The second kappa shape index (κ2) is 27.8. The minimum atomic E-state index is -1.60.